The van der Waals surface area contributed by atoms with Crippen molar-refractivity contribution in [2.75, 3.05) is 5.32 Å². The Hall–Kier alpha value is -3.67. The molecular weight excluding hydrogens is 383 g/mol. The van der Waals surface area contributed by atoms with E-state index in [1.807, 2.05) is 25.1 Å². The lowest BCUT2D eigenvalue weighted by molar-refractivity contribution is -0.118. The molecule has 3 N–H and O–H groups in total. The predicted octanol–water partition coefficient (Wildman–Crippen LogP) is 4.21. The Bertz CT molecular complexity index is 1030. The molecule has 0 aromatic heterocycles. The third kappa shape index (κ3) is 5.44. The van der Waals surface area contributed by atoms with E-state index in [0.717, 1.165) is 11.1 Å². The van der Waals surface area contributed by atoms with Crippen LogP contribution in [0.25, 0.3) is 0 Å². The fourth-order valence-corrected chi connectivity index (χ4v) is 3.06. The molecule has 0 saturated heterocycles. The van der Waals surface area contributed by atoms with Crippen LogP contribution in [0.2, 0.25) is 0 Å². The molecule has 0 bridgehead atoms. The number of halogens is 1. The van der Waals surface area contributed by atoms with E-state index in [4.69, 9.17) is 0 Å². The third-order valence-corrected chi connectivity index (χ3v) is 4.80. The fraction of sp³-hybridized carbons (Fsp3) is 0.167. The number of amides is 2. The largest absolute Gasteiger partial charge is 0.508 e. The fourth-order valence-electron chi connectivity index (χ4n) is 3.06. The quantitative estimate of drug-likeness (QED) is 0.550. The van der Waals surface area contributed by atoms with Gasteiger partial charge < -0.3 is 15.7 Å². The minimum Gasteiger partial charge on any atom is -0.508 e. The average Bonchev–Trinajstić information content (AvgIpc) is 2.74. The molecular formula is C24H23FN2O3. The van der Waals surface area contributed by atoms with Gasteiger partial charge in [-0.15, -0.1) is 0 Å². The van der Waals surface area contributed by atoms with Crippen LogP contribution in [-0.4, -0.2) is 23.0 Å². The lowest BCUT2D eigenvalue weighted by Gasteiger charge is -2.19. The molecule has 0 aliphatic heterocycles. The number of aryl methyl sites for hydroxylation is 2. The Morgan fingerprint density at radius 3 is 2.33 bits per heavy atom. The van der Waals surface area contributed by atoms with Gasteiger partial charge in [-0.2, -0.15) is 0 Å². The number of nitrogens with one attached hydrogen (secondary N) is 2. The monoisotopic (exact) mass is 406 g/mol. The minimum atomic E-state index is -0.870. The van der Waals surface area contributed by atoms with Gasteiger partial charge in [-0.05, 0) is 61.2 Å². The summed E-state index contributed by atoms with van der Waals surface area (Å²) in [5.74, 6) is -1.52. The Balaban J connectivity index is 1.77. The highest BCUT2D eigenvalue weighted by Gasteiger charge is 2.23. The van der Waals surface area contributed by atoms with E-state index in [2.05, 4.69) is 10.6 Å². The maximum Gasteiger partial charge on any atom is 0.254 e. The molecule has 1 unspecified atom stereocenters. The number of aromatic hydroxyl groups is 1. The molecule has 3 rings (SSSR count). The maximum absolute atomic E-state index is 14.0. The Morgan fingerprint density at radius 1 is 0.967 bits per heavy atom. The number of phenolic OH excluding ortho intramolecular Hbond substituents is 1. The van der Waals surface area contributed by atoms with Gasteiger partial charge in [0.25, 0.3) is 5.91 Å². The zero-order valence-corrected chi connectivity index (χ0v) is 16.6. The summed E-state index contributed by atoms with van der Waals surface area (Å²) < 4.78 is 14.0. The van der Waals surface area contributed by atoms with Crippen LogP contribution in [0.4, 0.5) is 10.1 Å². The van der Waals surface area contributed by atoms with Crippen molar-refractivity contribution in [1.82, 2.24) is 5.32 Å². The van der Waals surface area contributed by atoms with E-state index in [0.29, 0.717) is 18.5 Å². The van der Waals surface area contributed by atoms with E-state index < -0.39 is 17.8 Å². The summed E-state index contributed by atoms with van der Waals surface area (Å²) in [4.78, 5) is 25.5. The average molecular weight is 406 g/mol. The molecule has 6 heteroatoms. The van der Waals surface area contributed by atoms with E-state index in [1.165, 1.54) is 18.2 Å². The number of hydrogen-bond donors (Lipinski definition) is 3. The minimum absolute atomic E-state index is 0.115. The predicted molar refractivity (Wildman–Crippen MR) is 114 cm³/mol. The molecule has 3 aromatic carbocycles. The van der Waals surface area contributed by atoms with Crippen LogP contribution in [0.5, 0.6) is 5.75 Å². The Morgan fingerprint density at radius 2 is 1.63 bits per heavy atom. The number of carbonyl (C=O) groups excluding carboxylic acids is 2. The zero-order valence-electron chi connectivity index (χ0n) is 16.6. The summed E-state index contributed by atoms with van der Waals surface area (Å²) in [5.41, 5.74) is 2.33. The molecule has 154 valence electrons. The number of carbonyl (C=O) groups is 2. The highest BCUT2D eigenvalue weighted by Crippen LogP contribution is 2.16. The number of benzene rings is 3. The van der Waals surface area contributed by atoms with Crippen molar-refractivity contribution in [3.8, 4) is 5.75 Å². The summed E-state index contributed by atoms with van der Waals surface area (Å²) >= 11 is 0. The van der Waals surface area contributed by atoms with Gasteiger partial charge >= 0.3 is 0 Å². The molecule has 0 aliphatic rings. The lowest BCUT2D eigenvalue weighted by atomic mass is 10.0. The van der Waals surface area contributed by atoms with E-state index in [9.17, 15) is 19.1 Å². The highest BCUT2D eigenvalue weighted by molar-refractivity contribution is 6.01. The molecule has 0 heterocycles. The normalized spacial score (nSPS) is 11.5. The van der Waals surface area contributed by atoms with Crippen LogP contribution < -0.4 is 10.6 Å². The van der Waals surface area contributed by atoms with Crippen molar-refractivity contribution in [3.05, 3.63) is 95.3 Å². The topological polar surface area (TPSA) is 78.4 Å². The van der Waals surface area contributed by atoms with Crippen molar-refractivity contribution < 1.29 is 19.1 Å². The molecule has 0 aliphatic carbocycles. The van der Waals surface area contributed by atoms with Crippen molar-refractivity contribution in [2.45, 2.75) is 25.8 Å². The van der Waals surface area contributed by atoms with Gasteiger partial charge in [-0.1, -0.05) is 42.5 Å². The second-order valence-corrected chi connectivity index (χ2v) is 7.02. The number of phenols is 1. The second-order valence-electron chi connectivity index (χ2n) is 7.02. The van der Waals surface area contributed by atoms with E-state index in [1.54, 1.807) is 36.4 Å². The first-order valence-electron chi connectivity index (χ1n) is 9.64. The van der Waals surface area contributed by atoms with Gasteiger partial charge in [0.1, 0.15) is 17.6 Å². The van der Waals surface area contributed by atoms with Crippen LogP contribution in [0.15, 0.2) is 72.8 Å². The molecule has 30 heavy (non-hydrogen) atoms. The van der Waals surface area contributed by atoms with Crippen LogP contribution in [0.3, 0.4) is 0 Å². The van der Waals surface area contributed by atoms with Crippen LogP contribution in [0.1, 0.15) is 27.9 Å². The van der Waals surface area contributed by atoms with E-state index in [-0.39, 0.29) is 17.2 Å². The molecule has 0 radical (unpaired) electrons. The number of hydrogen-bond acceptors (Lipinski definition) is 3. The van der Waals surface area contributed by atoms with Gasteiger partial charge in [0.15, 0.2) is 0 Å². The van der Waals surface area contributed by atoms with E-state index >= 15 is 0 Å². The standard InChI is InChI=1S/C24H23FN2O3/c1-16-6-2-5-9-21(16)26-24(30)22(15-12-17-10-13-18(28)14-11-17)27-23(29)19-7-3-4-8-20(19)25/h2-11,13-14,22,28H,12,15H2,1H3,(H,26,30)(H,27,29). The molecule has 3 aromatic rings. The second kappa shape index (κ2) is 9.69. The van der Waals surface area contributed by atoms with Crippen LogP contribution in [-0.2, 0) is 11.2 Å². The summed E-state index contributed by atoms with van der Waals surface area (Å²) in [6.45, 7) is 1.87. The first-order chi connectivity index (χ1) is 14.4. The van der Waals surface area contributed by atoms with Gasteiger partial charge in [0.05, 0.1) is 5.56 Å². The number of anilines is 1. The molecule has 0 saturated carbocycles. The maximum atomic E-state index is 14.0. The lowest BCUT2D eigenvalue weighted by Crippen LogP contribution is -2.44. The smallest absolute Gasteiger partial charge is 0.254 e. The van der Waals surface area contributed by atoms with Crippen LogP contribution >= 0.6 is 0 Å². The van der Waals surface area contributed by atoms with Gasteiger partial charge in [-0.3, -0.25) is 9.59 Å². The molecule has 1 atom stereocenters. The first-order valence-corrected chi connectivity index (χ1v) is 9.64. The molecule has 0 fully saturated rings. The summed E-state index contributed by atoms with van der Waals surface area (Å²) in [5, 5.41) is 14.9. The highest BCUT2D eigenvalue weighted by atomic mass is 19.1. The van der Waals surface area contributed by atoms with Crippen molar-refractivity contribution in [1.29, 1.82) is 0 Å². The molecule has 2 amide bonds. The summed E-state index contributed by atoms with van der Waals surface area (Å²) in [6.07, 6.45) is 0.798. The molecule has 0 spiro atoms. The van der Waals surface area contributed by atoms with Gasteiger partial charge in [0.2, 0.25) is 5.91 Å². The third-order valence-electron chi connectivity index (χ3n) is 4.80. The SMILES string of the molecule is Cc1ccccc1NC(=O)C(CCc1ccc(O)cc1)NC(=O)c1ccccc1F. The van der Waals surface area contributed by atoms with Crippen molar-refractivity contribution >= 4 is 17.5 Å². The Kier molecular flexibility index (Phi) is 6.80. The first kappa shape index (κ1) is 21.0. The number of rotatable bonds is 7. The summed E-state index contributed by atoms with van der Waals surface area (Å²) in [7, 11) is 0. The number of para-hydroxylation sites is 1. The van der Waals surface area contributed by atoms with Crippen molar-refractivity contribution in [2.24, 2.45) is 0 Å². The summed E-state index contributed by atoms with van der Waals surface area (Å²) in [6, 6.07) is 18.7. The molecule has 5 nitrogen and oxygen atoms in total. The zero-order chi connectivity index (χ0) is 21.5. The van der Waals surface area contributed by atoms with Gasteiger partial charge in [-0.25, -0.2) is 4.39 Å². The van der Waals surface area contributed by atoms with Crippen molar-refractivity contribution in [3.63, 3.8) is 0 Å². The van der Waals surface area contributed by atoms with Gasteiger partial charge in [0, 0.05) is 5.69 Å². The van der Waals surface area contributed by atoms with Crippen LogP contribution in [0, 0.1) is 12.7 Å². The Labute approximate surface area is 174 Å².